The van der Waals surface area contributed by atoms with Crippen molar-refractivity contribution in [3.63, 3.8) is 0 Å². The number of ether oxygens (including phenoxy) is 1. The minimum absolute atomic E-state index is 0.312. The lowest BCUT2D eigenvalue weighted by atomic mass is 9.96. The number of methoxy groups -OCH3 is 1. The Balaban J connectivity index is 1.58. The van der Waals surface area contributed by atoms with E-state index in [0.29, 0.717) is 40.0 Å². The summed E-state index contributed by atoms with van der Waals surface area (Å²) in [6.45, 7) is 1.82. The van der Waals surface area contributed by atoms with Crippen molar-refractivity contribution < 1.29 is 13.9 Å². The van der Waals surface area contributed by atoms with Crippen LogP contribution in [-0.4, -0.2) is 32.8 Å². The zero-order chi connectivity index (χ0) is 23.7. The van der Waals surface area contributed by atoms with E-state index in [1.165, 1.54) is 12.1 Å². The molecule has 0 saturated carbocycles. The molecule has 0 radical (unpaired) electrons. The Bertz CT molecular complexity index is 1380. The van der Waals surface area contributed by atoms with Gasteiger partial charge >= 0.3 is 0 Å². The average molecular weight is 456 g/mol. The zero-order valence-corrected chi connectivity index (χ0v) is 18.5. The van der Waals surface area contributed by atoms with Crippen LogP contribution in [0, 0.1) is 5.82 Å². The van der Waals surface area contributed by atoms with Gasteiger partial charge in [0.25, 0.3) is 5.91 Å². The first-order valence-electron chi connectivity index (χ1n) is 10.6. The van der Waals surface area contributed by atoms with Crippen LogP contribution in [0.15, 0.2) is 84.3 Å². The molecule has 3 heterocycles. The van der Waals surface area contributed by atoms with Crippen molar-refractivity contribution in [3.05, 3.63) is 95.7 Å². The standard InChI is InChI=1S/C25H21FN6O2/c1-15-21(24(33)29-19-7-3-4-8-20(19)34-2)22(17-6-5-13-27-14-17)32-25(28-15)30-23(31-32)16-9-11-18(26)12-10-16/h3-14,22H,1-2H3,(H,29,33)(H,28,30,31). The molecule has 1 amide bonds. The fourth-order valence-electron chi connectivity index (χ4n) is 3.95. The number of amides is 1. The van der Waals surface area contributed by atoms with Crippen molar-refractivity contribution in [3.8, 4) is 17.1 Å². The molecular weight excluding hydrogens is 435 g/mol. The Morgan fingerprint density at radius 1 is 1.12 bits per heavy atom. The minimum atomic E-state index is -0.582. The number of allylic oxidation sites excluding steroid dienone is 1. The van der Waals surface area contributed by atoms with Gasteiger partial charge in [-0.15, -0.1) is 5.10 Å². The lowest BCUT2D eigenvalue weighted by Gasteiger charge is -2.28. The molecule has 170 valence electrons. The van der Waals surface area contributed by atoms with Crippen LogP contribution in [0.2, 0.25) is 0 Å². The van der Waals surface area contributed by atoms with Gasteiger partial charge in [0, 0.05) is 23.7 Å². The van der Waals surface area contributed by atoms with Crippen molar-refractivity contribution in [1.29, 1.82) is 0 Å². The van der Waals surface area contributed by atoms with Gasteiger partial charge in [0.2, 0.25) is 5.95 Å². The summed E-state index contributed by atoms with van der Waals surface area (Å²) in [6.07, 6.45) is 3.37. The molecule has 0 bridgehead atoms. The van der Waals surface area contributed by atoms with Gasteiger partial charge < -0.3 is 15.4 Å². The SMILES string of the molecule is COc1ccccc1NC(=O)C1=C(C)Nc2nc(-c3ccc(F)cc3)nn2C1c1cccnc1. The van der Waals surface area contributed by atoms with Crippen LogP contribution in [0.3, 0.4) is 0 Å². The monoisotopic (exact) mass is 456 g/mol. The number of halogens is 1. The summed E-state index contributed by atoms with van der Waals surface area (Å²) in [4.78, 5) is 22.4. The molecule has 9 heteroatoms. The van der Waals surface area contributed by atoms with Gasteiger partial charge in [-0.2, -0.15) is 4.98 Å². The largest absolute Gasteiger partial charge is 0.495 e. The van der Waals surface area contributed by atoms with Crippen molar-refractivity contribution in [2.75, 3.05) is 17.7 Å². The van der Waals surface area contributed by atoms with Gasteiger partial charge in [-0.3, -0.25) is 9.78 Å². The Hall–Kier alpha value is -4.53. The minimum Gasteiger partial charge on any atom is -0.495 e. The number of rotatable bonds is 5. The number of para-hydroxylation sites is 2. The van der Waals surface area contributed by atoms with E-state index in [0.717, 1.165) is 5.56 Å². The number of pyridine rings is 1. The van der Waals surface area contributed by atoms with E-state index in [2.05, 4.69) is 25.7 Å². The number of nitrogens with zero attached hydrogens (tertiary/aromatic N) is 4. The molecule has 0 saturated heterocycles. The molecule has 0 aliphatic carbocycles. The highest BCUT2D eigenvalue weighted by Crippen LogP contribution is 2.37. The van der Waals surface area contributed by atoms with Gasteiger partial charge in [0.15, 0.2) is 5.82 Å². The van der Waals surface area contributed by atoms with Crippen LogP contribution < -0.4 is 15.4 Å². The summed E-state index contributed by atoms with van der Waals surface area (Å²) in [6, 6.07) is 16.3. The summed E-state index contributed by atoms with van der Waals surface area (Å²) >= 11 is 0. The first-order valence-corrected chi connectivity index (χ1v) is 10.6. The van der Waals surface area contributed by atoms with E-state index in [4.69, 9.17) is 4.74 Å². The predicted octanol–water partition coefficient (Wildman–Crippen LogP) is 4.42. The number of hydrogen-bond donors (Lipinski definition) is 2. The third-order valence-electron chi connectivity index (χ3n) is 5.55. The van der Waals surface area contributed by atoms with E-state index in [1.807, 2.05) is 25.1 Å². The molecule has 2 aromatic heterocycles. The van der Waals surface area contributed by atoms with E-state index in [1.54, 1.807) is 54.5 Å². The summed E-state index contributed by atoms with van der Waals surface area (Å²) < 4.78 is 20.4. The lowest BCUT2D eigenvalue weighted by Crippen LogP contribution is -2.31. The molecule has 1 aliphatic rings. The number of nitrogens with one attached hydrogen (secondary N) is 2. The summed E-state index contributed by atoms with van der Waals surface area (Å²) in [5.74, 6) is 0.783. The molecule has 0 spiro atoms. The highest BCUT2D eigenvalue weighted by Gasteiger charge is 2.34. The Kier molecular flexibility index (Phi) is 5.51. The van der Waals surface area contributed by atoms with Crippen LogP contribution in [0.5, 0.6) is 5.75 Å². The maximum absolute atomic E-state index is 13.6. The molecule has 0 fully saturated rings. The normalized spacial score (nSPS) is 14.9. The molecule has 8 nitrogen and oxygen atoms in total. The molecule has 5 rings (SSSR count). The Morgan fingerprint density at radius 2 is 1.91 bits per heavy atom. The van der Waals surface area contributed by atoms with Crippen LogP contribution in [0.25, 0.3) is 11.4 Å². The molecular formula is C25H21FN6O2. The third-order valence-corrected chi connectivity index (χ3v) is 5.55. The van der Waals surface area contributed by atoms with E-state index >= 15 is 0 Å². The van der Waals surface area contributed by atoms with Gasteiger partial charge in [-0.1, -0.05) is 18.2 Å². The number of aromatic nitrogens is 4. The van der Waals surface area contributed by atoms with Crippen LogP contribution >= 0.6 is 0 Å². The fourth-order valence-corrected chi connectivity index (χ4v) is 3.95. The van der Waals surface area contributed by atoms with Gasteiger partial charge in [-0.05, 0) is 55.0 Å². The number of carbonyl (C=O) groups excluding carboxylic acids is 1. The number of anilines is 2. The fraction of sp³-hybridized carbons (Fsp3) is 0.120. The van der Waals surface area contributed by atoms with Gasteiger partial charge in [0.05, 0.1) is 18.4 Å². The second-order valence-electron chi connectivity index (χ2n) is 7.72. The lowest BCUT2D eigenvalue weighted by molar-refractivity contribution is -0.113. The first-order chi connectivity index (χ1) is 16.5. The molecule has 1 aliphatic heterocycles. The summed E-state index contributed by atoms with van der Waals surface area (Å²) in [7, 11) is 1.55. The summed E-state index contributed by atoms with van der Waals surface area (Å²) in [5.41, 5.74) is 3.07. The second kappa shape index (κ2) is 8.78. The maximum Gasteiger partial charge on any atom is 0.255 e. The molecule has 2 aromatic carbocycles. The second-order valence-corrected chi connectivity index (χ2v) is 7.72. The zero-order valence-electron chi connectivity index (χ0n) is 18.5. The van der Waals surface area contributed by atoms with Crippen LogP contribution in [0.1, 0.15) is 18.5 Å². The maximum atomic E-state index is 13.6. The third kappa shape index (κ3) is 3.88. The van der Waals surface area contributed by atoms with Gasteiger partial charge in [-0.25, -0.2) is 9.07 Å². The Labute approximate surface area is 195 Å². The van der Waals surface area contributed by atoms with Crippen molar-refractivity contribution in [1.82, 2.24) is 19.7 Å². The molecule has 1 atom stereocenters. The number of carbonyl (C=O) groups is 1. The number of benzene rings is 2. The first kappa shape index (κ1) is 21.3. The van der Waals surface area contributed by atoms with Gasteiger partial charge in [0.1, 0.15) is 17.6 Å². The van der Waals surface area contributed by atoms with E-state index in [-0.39, 0.29) is 11.7 Å². The quantitative estimate of drug-likeness (QED) is 0.462. The number of hydrogen-bond acceptors (Lipinski definition) is 6. The van der Waals surface area contributed by atoms with E-state index < -0.39 is 6.04 Å². The molecule has 34 heavy (non-hydrogen) atoms. The number of fused-ring (bicyclic) bond motifs is 1. The summed E-state index contributed by atoms with van der Waals surface area (Å²) in [5, 5.41) is 10.8. The topological polar surface area (TPSA) is 94.0 Å². The molecule has 1 unspecified atom stereocenters. The predicted molar refractivity (Wildman–Crippen MR) is 126 cm³/mol. The average Bonchev–Trinajstić information content (AvgIpc) is 3.28. The smallest absolute Gasteiger partial charge is 0.255 e. The van der Waals surface area contributed by atoms with Crippen molar-refractivity contribution >= 4 is 17.5 Å². The van der Waals surface area contributed by atoms with Crippen LogP contribution in [-0.2, 0) is 4.79 Å². The molecule has 4 aromatic rings. The van der Waals surface area contributed by atoms with Crippen LogP contribution in [0.4, 0.5) is 16.0 Å². The van der Waals surface area contributed by atoms with Crippen molar-refractivity contribution in [2.45, 2.75) is 13.0 Å². The Morgan fingerprint density at radius 3 is 2.65 bits per heavy atom. The molecule has 2 N–H and O–H groups in total. The van der Waals surface area contributed by atoms with E-state index in [9.17, 15) is 9.18 Å². The van der Waals surface area contributed by atoms with Crippen molar-refractivity contribution in [2.24, 2.45) is 0 Å². The highest BCUT2D eigenvalue weighted by atomic mass is 19.1. The highest BCUT2D eigenvalue weighted by molar-refractivity contribution is 6.06.